The van der Waals surface area contributed by atoms with Gasteiger partial charge in [-0.15, -0.1) is 5.10 Å². The topological polar surface area (TPSA) is 51.8 Å². The summed E-state index contributed by atoms with van der Waals surface area (Å²) in [5.74, 6) is 0.842. The van der Waals surface area contributed by atoms with Crippen LogP contribution in [0.1, 0.15) is 43.9 Å². The van der Waals surface area contributed by atoms with Gasteiger partial charge in [0.2, 0.25) is 0 Å². The van der Waals surface area contributed by atoms with Gasteiger partial charge in [0, 0.05) is 35.2 Å². The van der Waals surface area contributed by atoms with Crippen molar-refractivity contribution in [2.45, 2.75) is 38.8 Å². The highest BCUT2D eigenvalue weighted by Crippen LogP contribution is 2.42. The lowest BCUT2D eigenvalue weighted by molar-refractivity contribution is 0.327. The molecule has 30 heavy (non-hydrogen) atoms. The van der Waals surface area contributed by atoms with E-state index >= 15 is 0 Å². The molecule has 0 fully saturated rings. The SMILES string of the molecule is Cn1c2c(c3ccccc31)CCN(c1cccc(Cl)c1)C2c1nnnn1C(C)(C)C. The fraction of sp³-hybridized carbons (Fsp3) is 0.348. The summed E-state index contributed by atoms with van der Waals surface area (Å²) in [5, 5.41) is 15.0. The predicted molar refractivity (Wildman–Crippen MR) is 120 cm³/mol. The van der Waals surface area contributed by atoms with Crippen LogP contribution in [0.25, 0.3) is 10.9 Å². The minimum atomic E-state index is -0.235. The third-order valence-electron chi connectivity index (χ3n) is 5.95. The number of tetrazole rings is 1. The average Bonchev–Trinajstić information content (AvgIpc) is 3.32. The standard InChI is InChI=1S/C23H25ClN6/c1-23(2,3)30-22(25-26-27-30)21-20-18(17-10-5-6-11-19(17)28(20)4)12-13-29(21)16-9-7-8-15(24)14-16/h5-11,14,21H,12-13H2,1-4H3. The predicted octanol–water partition coefficient (Wildman–Crippen LogP) is 4.73. The van der Waals surface area contributed by atoms with E-state index in [4.69, 9.17) is 11.6 Å². The zero-order chi connectivity index (χ0) is 21.0. The van der Waals surface area contributed by atoms with Crippen LogP contribution < -0.4 is 4.90 Å². The van der Waals surface area contributed by atoms with Crippen molar-refractivity contribution in [2.75, 3.05) is 11.4 Å². The van der Waals surface area contributed by atoms with Crippen molar-refractivity contribution in [3.05, 3.63) is 70.6 Å². The van der Waals surface area contributed by atoms with Crippen molar-refractivity contribution in [3.8, 4) is 0 Å². The first-order valence-corrected chi connectivity index (χ1v) is 10.6. The fourth-order valence-electron chi connectivity index (χ4n) is 4.65. The molecule has 4 aromatic rings. The first kappa shape index (κ1) is 19.1. The average molecular weight is 421 g/mol. The van der Waals surface area contributed by atoms with Crippen molar-refractivity contribution >= 4 is 28.2 Å². The molecule has 1 unspecified atom stereocenters. The van der Waals surface area contributed by atoms with E-state index in [-0.39, 0.29) is 11.6 Å². The van der Waals surface area contributed by atoms with Gasteiger partial charge in [-0.3, -0.25) is 0 Å². The molecule has 5 rings (SSSR count). The van der Waals surface area contributed by atoms with Crippen LogP contribution in [0, 0.1) is 0 Å². The number of para-hydroxylation sites is 1. The minimum Gasteiger partial charge on any atom is -0.356 e. The Bertz CT molecular complexity index is 1230. The number of fused-ring (bicyclic) bond motifs is 3. The van der Waals surface area contributed by atoms with Gasteiger partial charge in [0.25, 0.3) is 0 Å². The third-order valence-corrected chi connectivity index (χ3v) is 6.18. The molecule has 154 valence electrons. The van der Waals surface area contributed by atoms with Crippen LogP contribution >= 0.6 is 11.6 Å². The maximum absolute atomic E-state index is 6.36. The van der Waals surface area contributed by atoms with Crippen molar-refractivity contribution < 1.29 is 0 Å². The Morgan fingerprint density at radius 2 is 1.87 bits per heavy atom. The van der Waals surface area contributed by atoms with Crippen molar-refractivity contribution in [2.24, 2.45) is 7.05 Å². The van der Waals surface area contributed by atoms with Gasteiger partial charge >= 0.3 is 0 Å². The van der Waals surface area contributed by atoms with Crippen molar-refractivity contribution in [1.29, 1.82) is 0 Å². The molecule has 7 heteroatoms. The number of hydrogen-bond donors (Lipinski definition) is 0. The molecule has 0 saturated heterocycles. The summed E-state index contributed by atoms with van der Waals surface area (Å²) in [6, 6.07) is 16.5. The summed E-state index contributed by atoms with van der Waals surface area (Å²) in [4.78, 5) is 2.38. The molecule has 2 aromatic carbocycles. The first-order valence-electron chi connectivity index (χ1n) is 10.2. The lowest BCUT2D eigenvalue weighted by Gasteiger charge is -2.38. The normalized spacial score (nSPS) is 16.8. The van der Waals surface area contributed by atoms with Crippen LogP contribution in [0.15, 0.2) is 48.5 Å². The summed E-state index contributed by atoms with van der Waals surface area (Å²) in [7, 11) is 2.14. The van der Waals surface area contributed by atoms with E-state index in [0.29, 0.717) is 0 Å². The molecule has 0 saturated carbocycles. The number of benzene rings is 2. The summed E-state index contributed by atoms with van der Waals surface area (Å²) < 4.78 is 4.25. The fourth-order valence-corrected chi connectivity index (χ4v) is 4.83. The van der Waals surface area contributed by atoms with Crippen LogP contribution in [0.5, 0.6) is 0 Å². The molecular formula is C23H25ClN6. The molecule has 2 aromatic heterocycles. The molecule has 0 bridgehead atoms. The van der Waals surface area contributed by atoms with Gasteiger partial charge in [0.05, 0.1) is 11.2 Å². The van der Waals surface area contributed by atoms with Crippen LogP contribution in [0.4, 0.5) is 5.69 Å². The van der Waals surface area contributed by atoms with Gasteiger partial charge in [-0.25, -0.2) is 4.68 Å². The van der Waals surface area contributed by atoms with Gasteiger partial charge in [0.15, 0.2) is 5.82 Å². The molecule has 1 atom stereocenters. The lowest BCUT2D eigenvalue weighted by atomic mass is 9.95. The largest absolute Gasteiger partial charge is 0.356 e. The molecule has 1 aliphatic heterocycles. The van der Waals surface area contributed by atoms with Crippen LogP contribution in [-0.4, -0.2) is 31.3 Å². The molecule has 1 aliphatic rings. The van der Waals surface area contributed by atoms with Gasteiger partial charge < -0.3 is 9.47 Å². The molecule has 0 spiro atoms. The molecule has 0 N–H and O–H groups in total. The Kier molecular flexibility index (Phi) is 4.36. The first-order chi connectivity index (χ1) is 14.4. The number of aromatic nitrogens is 5. The highest BCUT2D eigenvalue weighted by Gasteiger charge is 2.38. The maximum atomic E-state index is 6.36. The molecular weight excluding hydrogens is 396 g/mol. The summed E-state index contributed by atoms with van der Waals surface area (Å²) in [6.45, 7) is 7.24. The van der Waals surface area contributed by atoms with E-state index in [1.165, 1.54) is 22.2 Å². The number of hydrogen-bond acceptors (Lipinski definition) is 4. The third kappa shape index (κ3) is 2.89. The van der Waals surface area contributed by atoms with Gasteiger partial charge in [-0.05, 0) is 67.4 Å². The second-order valence-electron chi connectivity index (χ2n) is 8.89. The van der Waals surface area contributed by atoms with Crippen molar-refractivity contribution in [1.82, 2.24) is 24.8 Å². The van der Waals surface area contributed by atoms with Crippen LogP contribution in [0.3, 0.4) is 0 Å². The maximum Gasteiger partial charge on any atom is 0.180 e. The molecule has 0 aliphatic carbocycles. The molecule has 0 radical (unpaired) electrons. The second-order valence-corrected chi connectivity index (χ2v) is 9.32. The Hall–Kier alpha value is -2.86. The van der Waals surface area contributed by atoms with E-state index in [1.807, 2.05) is 22.9 Å². The van der Waals surface area contributed by atoms with Gasteiger partial charge in [0.1, 0.15) is 6.04 Å². The molecule has 0 amide bonds. The van der Waals surface area contributed by atoms with E-state index in [2.05, 4.69) is 83.1 Å². The van der Waals surface area contributed by atoms with E-state index in [0.717, 1.165) is 29.5 Å². The number of anilines is 1. The van der Waals surface area contributed by atoms with Crippen LogP contribution in [-0.2, 0) is 19.0 Å². The van der Waals surface area contributed by atoms with Crippen molar-refractivity contribution in [3.63, 3.8) is 0 Å². The monoisotopic (exact) mass is 420 g/mol. The summed E-state index contributed by atoms with van der Waals surface area (Å²) in [6.07, 6.45) is 0.955. The zero-order valence-electron chi connectivity index (χ0n) is 17.7. The smallest absolute Gasteiger partial charge is 0.180 e. The Morgan fingerprint density at radius 3 is 2.63 bits per heavy atom. The Balaban J connectivity index is 1.79. The van der Waals surface area contributed by atoms with E-state index < -0.39 is 0 Å². The van der Waals surface area contributed by atoms with E-state index in [1.54, 1.807) is 0 Å². The number of rotatable bonds is 2. The van der Waals surface area contributed by atoms with E-state index in [9.17, 15) is 0 Å². The van der Waals surface area contributed by atoms with Gasteiger partial charge in [-0.2, -0.15) is 0 Å². The highest BCUT2D eigenvalue weighted by molar-refractivity contribution is 6.30. The molecule has 3 heterocycles. The summed E-state index contributed by atoms with van der Waals surface area (Å²) >= 11 is 6.36. The quantitative estimate of drug-likeness (QED) is 0.470. The lowest BCUT2D eigenvalue weighted by Crippen LogP contribution is -2.40. The summed E-state index contributed by atoms with van der Waals surface area (Å²) in [5.41, 5.74) is 4.69. The Morgan fingerprint density at radius 1 is 1.07 bits per heavy atom. The Labute approximate surface area is 181 Å². The number of aryl methyl sites for hydroxylation is 1. The number of halogens is 1. The number of nitrogens with zero attached hydrogens (tertiary/aromatic N) is 6. The second kappa shape index (κ2) is 6.84. The van der Waals surface area contributed by atoms with Gasteiger partial charge in [-0.1, -0.05) is 35.9 Å². The molecule has 6 nitrogen and oxygen atoms in total. The van der Waals surface area contributed by atoms with Crippen LogP contribution in [0.2, 0.25) is 5.02 Å². The zero-order valence-corrected chi connectivity index (χ0v) is 18.4. The minimum absolute atomic E-state index is 0.112. The highest BCUT2D eigenvalue weighted by atomic mass is 35.5.